The van der Waals surface area contributed by atoms with Crippen LogP contribution >= 0.6 is 0 Å². The van der Waals surface area contributed by atoms with Crippen LogP contribution in [0.25, 0.3) is 21.8 Å². The Labute approximate surface area is 194 Å². The molecule has 0 radical (unpaired) electrons. The molecule has 0 aliphatic carbocycles. The van der Waals surface area contributed by atoms with Crippen LogP contribution in [0, 0.1) is 34.1 Å². The average molecular weight is 454 g/mol. The van der Waals surface area contributed by atoms with Crippen molar-refractivity contribution >= 4 is 33.2 Å². The first kappa shape index (κ1) is 21.4. The van der Waals surface area contributed by atoms with Gasteiger partial charge >= 0.3 is 0 Å². The van der Waals surface area contributed by atoms with E-state index in [1.165, 1.54) is 12.1 Å². The van der Waals surface area contributed by atoms with Crippen LogP contribution in [0.3, 0.4) is 0 Å². The van der Waals surface area contributed by atoms with Gasteiger partial charge in [-0.2, -0.15) is 0 Å². The molecule has 0 saturated heterocycles. The third-order valence-electron chi connectivity index (χ3n) is 6.44. The van der Waals surface area contributed by atoms with Crippen molar-refractivity contribution in [3.8, 4) is 0 Å². The summed E-state index contributed by atoms with van der Waals surface area (Å²) in [6, 6.07) is 19.7. The second kappa shape index (κ2) is 8.15. The summed E-state index contributed by atoms with van der Waals surface area (Å²) in [5.41, 5.74) is 6.53. The van der Waals surface area contributed by atoms with Crippen molar-refractivity contribution in [2.24, 2.45) is 0 Å². The van der Waals surface area contributed by atoms with Crippen LogP contribution in [0.4, 0.5) is 11.4 Å². The van der Waals surface area contributed by atoms with Crippen LogP contribution in [-0.2, 0) is 6.42 Å². The molecule has 8 heteroatoms. The Hall–Kier alpha value is -4.46. The van der Waals surface area contributed by atoms with Crippen LogP contribution in [-0.4, -0.2) is 19.8 Å². The minimum absolute atomic E-state index is 0.0255. The number of hydrogen-bond donors (Lipinski definition) is 2. The highest BCUT2D eigenvalue weighted by Gasteiger charge is 2.27. The fraction of sp³-hybridized carbons (Fsp3) is 0.154. The number of hydrogen-bond acceptors (Lipinski definition) is 4. The summed E-state index contributed by atoms with van der Waals surface area (Å²) in [5, 5.41) is 24.6. The van der Waals surface area contributed by atoms with Gasteiger partial charge in [-0.25, -0.2) is 0 Å². The number of fused-ring (bicyclic) bond motifs is 2. The third-order valence-corrected chi connectivity index (χ3v) is 6.44. The van der Waals surface area contributed by atoms with Gasteiger partial charge in [0.05, 0.1) is 9.85 Å². The molecule has 2 heterocycles. The Bertz CT molecular complexity index is 1470. The number of nitrogens with one attached hydrogen (secondary N) is 2. The summed E-state index contributed by atoms with van der Waals surface area (Å²) >= 11 is 0. The van der Waals surface area contributed by atoms with E-state index in [4.69, 9.17) is 0 Å². The average Bonchev–Trinajstić information content (AvgIpc) is 3.32. The van der Waals surface area contributed by atoms with Gasteiger partial charge in [0, 0.05) is 63.4 Å². The standard InChI is InChI=1S/C26H22N4O4/c1-15-25(20-13-18(29(31)32)8-10-23(20)27-15)22(12-17-6-4-3-5-7-17)26-16(2)28-24-11-9-19(30(33)34)14-21(24)26/h3-11,13-14,22,27-28H,12H2,1-2H3. The molecule has 0 aliphatic heterocycles. The van der Waals surface area contributed by atoms with E-state index < -0.39 is 9.85 Å². The van der Waals surface area contributed by atoms with Crippen LogP contribution in [0.15, 0.2) is 66.7 Å². The molecule has 0 saturated carbocycles. The van der Waals surface area contributed by atoms with E-state index in [9.17, 15) is 20.2 Å². The third kappa shape index (κ3) is 3.59. The second-order valence-corrected chi connectivity index (χ2v) is 8.54. The number of nitrogens with zero attached hydrogens (tertiary/aromatic N) is 2. The summed E-state index contributed by atoms with van der Waals surface area (Å²) in [4.78, 5) is 29.0. The monoisotopic (exact) mass is 454 g/mol. The summed E-state index contributed by atoms with van der Waals surface area (Å²) < 4.78 is 0. The fourth-order valence-electron chi connectivity index (χ4n) is 4.99. The van der Waals surface area contributed by atoms with Crippen LogP contribution < -0.4 is 0 Å². The molecule has 8 nitrogen and oxygen atoms in total. The number of non-ortho nitro benzene ring substituents is 2. The van der Waals surface area contributed by atoms with E-state index in [1.807, 2.05) is 44.2 Å². The first-order chi connectivity index (χ1) is 16.3. The lowest BCUT2D eigenvalue weighted by Crippen LogP contribution is -2.08. The number of nitro groups is 2. The number of aryl methyl sites for hydroxylation is 2. The normalized spacial score (nSPS) is 11.5. The van der Waals surface area contributed by atoms with E-state index in [2.05, 4.69) is 9.97 Å². The van der Waals surface area contributed by atoms with Gasteiger partial charge in [0.2, 0.25) is 0 Å². The van der Waals surface area contributed by atoms with Crippen molar-refractivity contribution in [1.82, 2.24) is 9.97 Å². The SMILES string of the molecule is Cc1[nH]c2ccc([N+](=O)[O-])cc2c1C(Cc1ccccc1)c1c(C)[nH]c2ccc([N+](=O)[O-])cc12. The Morgan fingerprint density at radius 3 is 1.65 bits per heavy atom. The number of aromatic nitrogens is 2. The maximum absolute atomic E-state index is 11.5. The number of rotatable bonds is 6. The smallest absolute Gasteiger partial charge is 0.270 e. The van der Waals surface area contributed by atoms with Crippen LogP contribution in [0.1, 0.15) is 34.0 Å². The Kier molecular flexibility index (Phi) is 5.13. The molecule has 0 unspecified atom stereocenters. The summed E-state index contributed by atoms with van der Waals surface area (Å²) in [5.74, 6) is -0.186. The highest BCUT2D eigenvalue weighted by Crippen LogP contribution is 2.42. The lowest BCUT2D eigenvalue weighted by Gasteiger charge is -2.20. The zero-order valence-electron chi connectivity index (χ0n) is 18.7. The number of aromatic amines is 2. The summed E-state index contributed by atoms with van der Waals surface area (Å²) in [6.45, 7) is 3.93. The topological polar surface area (TPSA) is 118 Å². The first-order valence-corrected chi connectivity index (χ1v) is 10.9. The molecule has 0 atom stereocenters. The molecule has 0 amide bonds. The Morgan fingerprint density at radius 1 is 0.735 bits per heavy atom. The first-order valence-electron chi connectivity index (χ1n) is 10.9. The lowest BCUT2D eigenvalue weighted by atomic mass is 9.83. The minimum atomic E-state index is -0.391. The molecule has 170 valence electrons. The maximum Gasteiger partial charge on any atom is 0.270 e. The molecular formula is C26H22N4O4. The van der Waals surface area contributed by atoms with Crippen molar-refractivity contribution in [2.75, 3.05) is 0 Å². The molecule has 5 rings (SSSR count). The zero-order chi connectivity index (χ0) is 24.0. The molecule has 0 aliphatic rings. The second-order valence-electron chi connectivity index (χ2n) is 8.54. The van der Waals surface area contributed by atoms with E-state index in [0.717, 1.165) is 49.9 Å². The summed E-state index contributed by atoms with van der Waals surface area (Å²) in [6.07, 6.45) is 0.633. The van der Waals surface area contributed by atoms with Gasteiger partial charge in [0.1, 0.15) is 0 Å². The molecule has 3 aromatic carbocycles. The van der Waals surface area contributed by atoms with Gasteiger partial charge in [-0.3, -0.25) is 20.2 Å². The molecule has 2 aromatic heterocycles. The van der Waals surface area contributed by atoms with Crippen molar-refractivity contribution in [3.05, 3.63) is 115 Å². The lowest BCUT2D eigenvalue weighted by molar-refractivity contribution is -0.384. The highest BCUT2D eigenvalue weighted by molar-refractivity contribution is 5.91. The largest absolute Gasteiger partial charge is 0.358 e. The minimum Gasteiger partial charge on any atom is -0.358 e. The van der Waals surface area contributed by atoms with Crippen molar-refractivity contribution in [1.29, 1.82) is 0 Å². The van der Waals surface area contributed by atoms with Gasteiger partial charge in [0.25, 0.3) is 11.4 Å². The van der Waals surface area contributed by atoms with Crippen molar-refractivity contribution in [3.63, 3.8) is 0 Å². The fourth-order valence-corrected chi connectivity index (χ4v) is 4.99. The molecular weight excluding hydrogens is 432 g/mol. The highest BCUT2D eigenvalue weighted by atomic mass is 16.6. The number of H-pyrrole nitrogens is 2. The van der Waals surface area contributed by atoms with Gasteiger partial charge in [-0.15, -0.1) is 0 Å². The quantitative estimate of drug-likeness (QED) is 0.226. The van der Waals surface area contributed by atoms with Crippen LogP contribution in [0.5, 0.6) is 0 Å². The van der Waals surface area contributed by atoms with Gasteiger partial charge in [-0.1, -0.05) is 30.3 Å². The van der Waals surface area contributed by atoms with Gasteiger partial charge < -0.3 is 9.97 Å². The van der Waals surface area contributed by atoms with Crippen molar-refractivity contribution < 1.29 is 9.85 Å². The molecule has 0 bridgehead atoms. The molecule has 0 spiro atoms. The van der Waals surface area contributed by atoms with E-state index in [0.29, 0.717) is 6.42 Å². The number of nitro benzene ring substituents is 2. The molecule has 0 fully saturated rings. The molecule has 34 heavy (non-hydrogen) atoms. The maximum atomic E-state index is 11.5. The van der Waals surface area contributed by atoms with Gasteiger partial charge in [0.15, 0.2) is 0 Å². The van der Waals surface area contributed by atoms with Crippen LogP contribution in [0.2, 0.25) is 0 Å². The van der Waals surface area contributed by atoms with Crippen molar-refractivity contribution in [2.45, 2.75) is 26.2 Å². The molecule has 5 aromatic rings. The van der Waals surface area contributed by atoms with E-state index in [1.54, 1.807) is 24.3 Å². The predicted molar refractivity (Wildman–Crippen MR) is 131 cm³/mol. The number of benzene rings is 3. The Morgan fingerprint density at radius 2 is 1.21 bits per heavy atom. The van der Waals surface area contributed by atoms with E-state index >= 15 is 0 Å². The van der Waals surface area contributed by atoms with Gasteiger partial charge in [-0.05, 0) is 49.1 Å². The zero-order valence-corrected chi connectivity index (χ0v) is 18.7. The molecule has 2 N–H and O–H groups in total. The predicted octanol–water partition coefficient (Wildman–Crippen LogP) is 6.46. The Balaban J connectivity index is 1.80. The van der Waals surface area contributed by atoms with E-state index in [-0.39, 0.29) is 17.3 Å². The summed E-state index contributed by atoms with van der Waals surface area (Å²) in [7, 11) is 0.